The number of hydrogen-bond acceptors (Lipinski definition) is 4. The van der Waals surface area contributed by atoms with Gasteiger partial charge in [0.05, 0.1) is 0 Å². The van der Waals surface area contributed by atoms with Crippen LogP contribution in [0.3, 0.4) is 0 Å². The van der Waals surface area contributed by atoms with Gasteiger partial charge in [0.2, 0.25) is 0 Å². The molecule has 0 aliphatic rings. The lowest BCUT2D eigenvalue weighted by Crippen LogP contribution is -2.22. The van der Waals surface area contributed by atoms with E-state index in [1.165, 1.54) is 4.68 Å². The lowest BCUT2D eigenvalue weighted by Gasteiger charge is -2.23. The van der Waals surface area contributed by atoms with Gasteiger partial charge in [0.25, 0.3) is 0 Å². The lowest BCUT2D eigenvalue weighted by molar-refractivity contribution is 0.231. The van der Waals surface area contributed by atoms with E-state index < -0.39 is 6.17 Å². The van der Waals surface area contributed by atoms with Crippen molar-refractivity contribution in [2.75, 3.05) is 0 Å². The summed E-state index contributed by atoms with van der Waals surface area (Å²) in [7, 11) is 0. The minimum Gasteiger partial charge on any atom is -0.224 e. The zero-order valence-electron chi connectivity index (χ0n) is 9.06. The van der Waals surface area contributed by atoms with E-state index in [9.17, 15) is 4.91 Å². The first kappa shape index (κ1) is 10.8. The van der Waals surface area contributed by atoms with Gasteiger partial charge >= 0.3 is 0 Å². The van der Waals surface area contributed by atoms with E-state index in [4.69, 9.17) is 0 Å². The highest BCUT2D eigenvalue weighted by atomic mass is 16.3. The predicted molar refractivity (Wildman–Crippen MR) is 53.7 cm³/mol. The summed E-state index contributed by atoms with van der Waals surface area (Å²) in [4.78, 5) is 14.8. The van der Waals surface area contributed by atoms with Crippen molar-refractivity contribution in [3.63, 3.8) is 0 Å². The Bertz CT molecular complexity index is 313. The first-order chi connectivity index (χ1) is 6.49. The van der Waals surface area contributed by atoms with Crippen LogP contribution in [0.5, 0.6) is 0 Å². The van der Waals surface area contributed by atoms with Crippen LogP contribution in [0.4, 0.5) is 0 Å². The van der Waals surface area contributed by atoms with Crippen molar-refractivity contribution in [3.05, 3.63) is 17.1 Å². The highest BCUT2D eigenvalue weighted by Gasteiger charge is 2.28. The van der Waals surface area contributed by atoms with Crippen molar-refractivity contribution >= 4 is 0 Å². The largest absolute Gasteiger partial charge is 0.224 e. The fourth-order valence-electron chi connectivity index (χ4n) is 1.19. The summed E-state index contributed by atoms with van der Waals surface area (Å²) < 4.78 is 1.53. The zero-order valence-corrected chi connectivity index (χ0v) is 9.06. The molecular formula is C9H16N4O. The molecule has 0 aliphatic heterocycles. The summed E-state index contributed by atoms with van der Waals surface area (Å²) in [6.07, 6.45) is 1.84. The van der Waals surface area contributed by atoms with Gasteiger partial charge in [-0.2, -0.15) is 5.10 Å². The number of nitrogens with zero attached hydrogens (tertiary/aromatic N) is 4. The van der Waals surface area contributed by atoms with E-state index in [0.29, 0.717) is 0 Å². The van der Waals surface area contributed by atoms with Crippen LogP contribution in [-0.4, -0.2) is 14.8 Å². The Balaban J connectivity index is 2.95. The van der Waals surface area contributed by atoms with E-state index >= 15 is 0 Å². The van der Waals surface area contributed by atoms with Crippen LogP contribution in [0.1, 0.15) is 39.7 Å². The molecule has 0 saturated carbocycles. The SMILES string of the molecule is CCc1ncn(C(N=O)C(C)(C)C)n1. The third kappa shape index (κ3) is 2.16. The van der Waals surface area contributed by atoms with Crippen LogP contribution in [-0.2, 0) is 6.42 Å². The number of rotatable bonds is 3. The van der Waals surface area contributed by atoms with E-state index in [1.807, 2.05) is 27.7 Å². The maximum atomic E-state index is 10.7. The van der Waals surface area contributed by atoms with Gasteiger partial charge in [-0.3, -0.25) is 0 Å². The molecule has 0 bridgehead atoms. The number of nitroso groups, excluding NO2 is 1. The molecule has 14 heavy (non-hydrogen) atoms. The van der Waals surface area contributed by atoms with E-state index in [1.54, 1.807) is 6.33 Å². The van der Waals surface area contributed by atoms with Crippen LogP contribution in [0, 0.1) is 10.3 Å². The average molecular weight is 196 g/mol. The van der Waals surface area contributed by atoms with Crippen LogP contribution < -0.4 is 0 Å². The molecule has 78 valence electrons. The number of aromatic nitrogens is 3. The maximum absolute atomic E-state index is 10.7. The standard InChI is InChI=1S/C9H16N4O/c1-5-7-10-6-13(11-7)8(12-14)9(2,3)4/h6,8H,5H2,1-4H3. The van der Waals surface area contributed by atoms with E-state index in [2.05, 4.69) is 15.3 Å². The second-order valence-corrected chi connectivity index (χ2v) is 4.34. The third-order valence-electron chi connectivity index (χ3n) is 2.00. The van der Waals surface area contributed by atoms with Crippen molar-refractivity contribution in [1.82, 2.24) is 14.8 Å². The number of hydrogen-bond donors (Lipinski definition) is 0. The molecule has 0 radical (unpaired) electrons. The van der Waals surface area contributed by atoms with Gasteiger partial charge in [-0.05, 0) is 5.18 Å². The molecule has 0 aromatic carbocycles. The molecule has 0 amide bonds. The summed E-state index contributed by atoms with van der Waals surface area (Å²) in [5, 5.41) is 7.27. The second kappa shape index (κ2) is 3.86. The van der Waals surface area contributed by atoms with Crippen LogP contribution in [0.15, 0.2) is 11.5 Å². The fourth-order valence-corrected chi connectivity index (χ4v) is 1.19. The predicted octanol–water partition coefficient (Wildman–Crippen LogP) is 2.15. The van der Waals surface area contributed by atoms with E-state index in [-0.39, 0.29) is 5.41 Å². The Labute approximate surface area is 83.5 Å². The Morgan fingerprint density at radius 2 is 2.21 bits per heavy atom. The second-order valence-electron chi connectivity index (χ2n) is 4.34. The molecule has 1 aromatic heterocycles. The van der Waals surface area contributed by atoms with E-state index in [0.717, 1.165) is 12.2 Å². The molecular weight excluding hydrogens is 180 g/mol. The Morgan fingerprint density at radius 3 is 2.57 bits per heavy atom. The molecule has 1 unspecified atom stereocenters. The van der Waals surface area contributed by atoms with Crippen LogP contribution in [0.2, 0.25) is 0 Å². The van der Waals surface area contributed by atoms with Crippen molar-refractivity contribution in [2.24, 2.45) is 10.6 Å². The molecule has 1 atom stereocenters. The molecule has 0 aliphatic carbocycles. The average Bonchev–Trinajstić information content (AvgIpc) is 2.51. The van der Waals surface area contributed by atoms with Gasteiger partial charge in [-0.15, -0.1) is 4.91 Å². The molecule has 1 rings (SSSR count). The highest BCUT2D eigenvalue weighted by molar-refractivity contribution is 4.85. The monoisotopic (exact) mass is 196 g/mol. The quantitative estimate of drug-likeness (QED) is 0.696. The van der Waals surface area contributed by atoms with Crippen molar-refractivity contribution in [1.29, 1.82) is 0 Å². The molecule has 0 fully saturated rings. The highest BCUT2D eigenvalue weighted by Crippen LogP contribution is 2.30. The molecule has 5 nitrogen and oxygen atoms in total. The van der Waals surface area contributed by atoms with Crippen molar-refractivity contribution in [2.45, 2.75) is 40.3 Å². The normalized spacial score (nSPS) is 14.0. The van der Waals surface area contributed by atoms with Crippen molar-refractivity contribution < 1.29 is 0 Å². The maximum Gasteiger partial charge on any atom is 0.189 e. The smallest absolute Gasteiger partial charge is 0.189 e. The molecule has 0 saturated heterocycles. The fraction of sp³-hybridized carbons (Fsp3) is 0.778. The van der Waals surface area contributed by atoms with Gasteiger partial charge < -0.3 is 0 Å². The minimum atomic E-state index is -0.490. The van der Waals surface area contributed by atoms with Crippen molar-refractivity contribution in [3.8, 4) is 0 Å². The Kier molecular flexibility index (Phi) is 2.98. The summed E-state index contributed by atoms with van der Waals surface area (Å²) in [5.41, 5.74) is -0.236. The lowest BCUT2D eigenvalue weighted by atomic mass is 9.93. The summed E-state index contributed by atoms with van der Waals surface area (Å²) >= 11 is 0. The third-order valence-corrected chi connectivity index (χ3v) is 2.00. The van der Waals surface area contributed by atoms with Crippen LogP contribution in [0.25, 0.3) is 0 Å². The molecule has 0 spiro atoms. The van der Waals surface area contributed by atoms with Gasteiger partial charge in [-0.1, -0.05) is 27.7 Å². The molecule has 5 heteroatoms. The summed E-state index contributed by atoms with van der Waals surface area (Å²) in [6, 6.07) is 0. The first-order valence-electron chi connectivity index (χ1n) is 4.71. The number of aryl methyl sites for hydroxylation is 1. The molecule has 1 heterocycles. The van der Waals surface area contributed by atoms with Gasteiger partial charge in [0, 0.05) is 11.8 Å². The Hall–Kier alpha value is -1.26. The Morgan fingerprint density at radius 1 is 1.57 bits per heavy atom. The van der Waals surface area contributed by atoms with Gasteiger partial charge in [0.1, 0.15) is 12.2 Å². The molecule has 1 aromatic rings. The topological polar surface area (TPSA) is 60.1 Å². The van der Waals surface area contributed by atoms with Crippen LogP contribution >= 0.6 is 0 Å². The minimum absolute atomic E-state index is 0.236. The van der Waals surface area contributed by atoms with Gasteiger partial charge in [0.15, 0.2) is 6.17 Å². The molecule has 0 N–H and O–H groups in total. The summed E-state index contributed by atoms with van der Waals surface area (Å²) in [5.74, 6) is 0.739. The first-order valence-corrected chi connectivity index (χ1v) is 4.71. The zero-order chi connectivity index (χ0) is 10.8. The summed E-state index contributed by atoms with van der Waals surface area (Å²) in [6.45, 7) is 7.82. The van der Waals surface area contributed by atoms with Gasteiger partial charge in [-0.25, -0.2) is 9.67 Å².